The fourth-order valence-corrected chi connectivity index (χ4v) is 4.32. The molecule has 1 aliphatic rings. The van der Waals surface area contributed by atoms with E-state index in [1.807, 2.05) is 19.1 Å². The molecular weight excluding hydrogens is 532 g/mol. The summed E-state index contributed by atoms with van der Waals surface area (Å²) in [6.45, 7) is 5.20. The topological polar surface area (TPSA) is 185 Å². The Bertz CT molecular complexity index is 924. The van der Waals surface area contributed by atoms with Gasteiger partial charge in [-0.15, -0.1) is 0 Å². The van der Waals surface area contributed by atoms with Gasteiger partial charge in [-0.05, 0) is 39.5 Å². The van der Waals surface area contributed by atoms with Gasteiger partial charge in [-0.3, -0.25) is 9.59 Å². The Hall–Kier alpha value is -2.60. The number of rotatable bonds is 1. The van der Waals surface area contributed by atoms with Crippen molar-refractivity contribution < 1.29 is 50.1 Å². The highest BCUT2D eigenvalue weighted by molar-refractivity contribution is 5.73. The second kappa shape index (κ2) is 19.5. The Morgan fingerprint density at radius 3 is 1.76 bits per heavy atom. The molecule has 0 fully saturated rings. The monoisotopic (exact) mass is 580 g/mol. The number of carboxylic acid groups (broad SMARTS) is 1. The molecule has 0 saturated carbocycles. The number of hydrogen-bond acceptors (Lipinski definition) is 9. The molecule has 0 radical (unpaired) electrons. The smallest absolute Gasteiger partial charge is 0.312 e. The Labute approximate surface area is 242 Å². The van der Waals surface area contributed by atoms with Crippen molar-refractivity contribution in [3.05, 3.63) is 60.8 Å². The zero-order valence-electron chi connectivity index (χ0n) is 24.1. The number of carboxylic acids is 1. The Morgan fingerprint density at radius 2 is 1.20 bits per heavy atom. The van der Waals surface area contributed by atoms with Crippen molar-refractivity contribution >= 4 is 11.9 Å². The van der Waals surface area contributed by atoms with Crippen molar-refractivity contribution in [3.63, 3.8) is 0 Å². The predicted octanol–water partition coefficient (Wildman–Crippen LogP) is 2.19. The van der Waals surface area contributed by atoms with Gasteiger partial charge in [0.15, 0.2) is 0 Å². The largest absolute Gasteiger partial charge is 0.481 e. The van der Waals surface area contributed by atoms with Crippen LogP contribution in [-0.2, 0) is 14.3 Å². The minimum Gasteiger partial charge on any atom is -0.481 e. The van der Waals surface area contributed by atoms with Crippen LogP contribution in [0.1, 0.15) is 59.3 Å². The van der Waals surface area contributed by atoms with Crippen molar-refractivity contribution in [2.45, 2.75) is 102 Å². The molecule has 0 bridgehead atoms. The van der Waals surface area contributed by atoms with Crippen LogP contribution in [0.25, 0.3) is 0 Å². The van der Waals surface area contributed by atoms with E-state index in [9.17, 15) is 45.3 Å². The number of allylic oxidation sites excluding steroid dienone is 8. The van der Waals surface area contributed by atoms with Gasteiger partial charge < -0.3 is 40.5 Å². The highest BCUT2D eigenvalue weighted by Gasteiger charge is 2.34. The molecule has 0 amide bonds. The zero-order chi connectivity index (χ0) is 30.9. The fourth-order valence-electron chi connectivity index (χ4n) is 4.32. The maximum absolute atomic E-state index is 12.5. The summed E-state index contributed by atoms with van der Waals surface area (Å²) >= 11 is 0. The van der Waals surface area contributed by atoms with Gasteiger partial charge in [-0.25, -0.2) is 0 Å². The summed E-state index contributed by atoms with van der Waals surface area (Å²) in [5.74, 6) is -4.50. The van der Waals surface area contributed by atoms with Crippen LogP contribution < -0.4 is 0 Å². The van der Waals surface area contributed by atoms with Gasteiger partial charge >= 0.3 is 11.9 Å². The Kier molecular flexibility index (Phi) is 17.3. The first-order valence-electron chi connectivity index (χ1n) is 14.2. The third-order valence-corrected chi connectivity index (χ3v) is 7.21. The van der Waals surface area contributed by atoms with E-state index in [1.165, 1.54) is 12.2 Å². The van der Waals surface area contributed by atoms with Crippen molar-refractivity contribution in [2.24, 2.45) is 17.8 Å². The van der Waals surface area contributed by atoms with Gasteiger partial charge in [-0.2, -0.15) is 0 Å². The highest BCUT2D eigenvalue weighted by Crippen LogP contribution is 2.21. The van der Waals surface area contributed by atoms with Crippen LogP contribution in [0.2, 0.25) is 0 Å². The fraction of sp³-hybridized carbons (Fsp3) is 0.613. The quantitative estimate of drug-likeness (QED) is 0.227. The molecule has 0 aromatic heterocycles. The number of esters is 1. The van der Waals surface area contributed by atoms with E-state index in [1.54, 1.807) is 50.3 Å². The number of hydrogen-bond donors (Lipinski definition) is 7. The summed E-state index contributed by atoms with van der Waals surface area (Å²) in [5, 5.41) is 71.5. The highest BCUT2D eigenvalue weighted by atomic mass is 16.5. The first-order chi connectivity index (χ1) is 19.3. The molecule has 232 valence electrons. The summed E-state index contributed by atoms with van der Waals surface area (Å²) < 4.78 is 5.51. The first kappa shape index (κ1) is 36.4. The zero-order valence-corrected chi connectivity index (χ0v) is 24.1. The molecule has 7 N–H and O–H groups in total. The number of cyclic esters (lactones) is 1. The SMILES string of the molecule is CC1\C=C/C=C\C=C/C=C\C=C/C(O)C(C(=O)O)C(O)CC(O)CC(O)CCCC(O)CC(O)C(C)C(=O)OC1C. The molecule has 0 aromatic rings. The molecule has 10 heteroatoms. The van der Waals surface area contributed by atoms with Crippen LogP contribution in [0, 0.1) is 17.8 Å². The molecule has 10 nitrogen and oxygen atoms in total. The molecule has 0 aromatic carbocycles. The molecular formula is C31H48O10. The van der Waals surface area contributed by atoms with E-state index < -0.39 is 66.5 Å². The van der Waals surface area contributed by atoms with Gasteiger partial charge in [0.2, 0.25) is 0 Å². The predicted molar refractivity (Wildman–Crippen MR) is 154 cm³/mol. The second-order valence-corrected chi connectivity index (χ2v) is 10.8. The Balaban J connectivity index is 2.99. The van der Waals surface area contributed by atoms with Crippen LogP contribution in [0.5, 0.6) is 0 Å². The second-order valence-electron chi connectivity index (χ2n) is 10.8. The number of ether oxygens (including phenoxy) is 1. The van der Waals surface area contributed by atoms with Gasteiger partial charge in [0.1, 0.15) is 12.0 Å². The molecule has 1 aliphatic heterocycles. The summed E-state index contributed by atoms with van der Waals surface area (Å²) in [6.07, 6.45) is 9.21. The average Bonchev–Trinajstić information content (AvgIpc) is 2.87. The molecule has 41 heavy (non-hydrogen) atoms. The Morgan fingerprint density at radius 1 is 0.707 bits per heavy atom. The van der Waals surface area contributed by atoms with E-state index in [0.29, 0.717) is 6.42 Å². The minimum absolute atomic E-state index is 0.0497. The van der Waals surface area contributed by atoms with Crippen molar-refractivity contribution in [2.75, 3.05) is 0 Å². The van der Waals surface area contributed by atoms with E-state index in [4.69, 9.17) is 4.74 Å². The number of aliphatic hydroxyl groups excluding tert-OH is 6. The van der Waals surface area contributed by atoms with Crippen molar-refractivity contribution in [3.8, 4) is 0 Å². The van der Waals surface area contributed by atoms with Gasteiger partial charge in [-0.1, -0.05) is 67.7 Å². The van der Waals surface area contributed by atoms with Crippen LogP contribution in [-0.4, -0.2) is 90.4 Å². The molecule has 10 atom stereocenters. The van der Waals surface area contributed by atoms with E-state index >= 15 is 0 Å². The van der Waals surface area contributed by atoms with E-state index in [0.717, 1.165) is 0 Å². The molecule has 1 rings (SSSR count). The first-order valence-corrected chi connectivity index (χ1v) is 14.2. The van der Waals surface area contributed by atoms with Gasteiger partial charge in [0, 0.05) is 18.8 Å². The summed E-state index contributed by atoms with van der Waals surface area (Å²) in [7, 11) is 0. The van der Waals surface area contributed by atoms with Crippen molar-refractivity contribution in [1.29, 1.82) is 0 Å². The molecule has 0 aliphatic carbocycles. The van der Waals surface area contributed by atoms with E-state index in [-0.39, 0.29) is 38.0 Å². The van der Waals surface area contributed by atoms with Crippen LogP contribution in [0.15, 0.2) is 60.8 Å². The molecule has 0 spiro atoms. The molecule has 0 saturated heterocycles. The molecule has 1 heterocycles. The minimum atomic E-state index is -1.57. The number of carbonyl (C=O) groups excluding carboxylic acids is 1. The lowest BCUT2D eigenvalue weighted by Gasteiger charge is -2.25. The van der Waals surface area contributed by atoms with Gasteiger partial charge in [0.25, 0.3) is 0 Å². The molecule has 10 unspecified atom stereocenters. The lowest BCUT2D eigenvalue weighted by molar-refractivity contribution is -0.158. The maximum atomic E-state index is 12.5. The number of aliphatic carboxylic acids is 1. The average molecular weight is 581 g/mol. The summed E-state index contributed by atoms with van der Waals surface area (Å²) in [4.78, 5) is 24.2. The lowest BCUT2D eigenvalue weighted by atomic mass is 9.90. The maximum Gasteiger partial charge on any atom is 0.312 e. The normalized spacial score (nSPS) is 40.2. The standard InChI is InChI=1S/C31H48O10/c1-20-13-10-8-6-4-5-7-9-11-16-26(35)29(30(38)39)28(37)19-25(34)17-23(32)14-12-15-24(33)18-27(36)21(2)31(40)41-22(20)3/h4-11,13,16,20-29,32-37H,12,14-15,17-19H2,1-3H3,(H,38,39)/b5-4-,8-6-,9-7-,13-10-,16-11-. The van der Waals surface area contributed by atoms with Crippen molar-refractivity contribution in [1.82, 2.24) is 0 Å². The lowest BCUT2D eigenvalue weighted by Crippen LogP contribution is -2.39. The van der Waals surface area contributed by atoms with Crippen LogP contribution in [0.4, 0.5) is 0 Å². The summed E-state index contributed by atoms with van der Waals surface area (Å²) in [6, 6.07) is 0. The van der Waals surface area contributed by atoms with E-state index in [2.05, 4.69) is 0 Å². The third-order valence-electron chi connectivity index (χ3n) is 7.21. The summed E-state index contributed by atoms with van der Waals surface area (Å²) in [5.41, 5.74) is 0. The van der Waals surface area contributed by atoms with Crippen LogP contribution in [0.3, 0.4) is 0 Å². The number of aliphatic hydroxyl groups is 6. The van der Waals surface area contributed by atoms with Gasteiger partial charge in [0.05, 0.1) is 42.5 Å². The number of carbonyl (C=O) groups is 2. The third kappa shape index (κ3) is 14.7. The van der Waals surface area contributed by atoms with Crippen LogP contribution >= 0.6 is 0 Å².